The van der Waals surface area contributed by atoms with Crippen molar-refractivity contribution in [1.82, 2.24) is 9.97 Å². The Balaban J connectivity index is 1.85. The molecule has 2 aromatic carbocycles. The van der Waals surface area contributed by atoms with Gasteiger partial charge in [0, 0.05) is 22.3 Å². The number of hydrogen-bond donors (Lipinski definition) is 2. The fraction of sp³-hybridized carbons (Fsp3) is 0. The molecule has 0 saturated carbocycles. The third-order valence-electron chi connectivity index (χ3n) is 3.26. The molecule has 0 aliphatic rings. The number of nitrogens with two attached hydrogens (primary N) is 1. The lowest BCUT2D eigenvalue weighted by molar-refractivity contribution is 0.580. The van der Waals surface area contributed by atoms with Gasteiger partial charge in [0.25, 0.3) is 0 Å². The molecular formula is C18H10Cl2F2N4S. The number of halogens is 4. The highest BCUT2D eigenvalue weighted by Crippen LogP contribution is 2.32. The molecule has 9 heteroatoms. The molecule has 0 aliphatic heterocycles. The first kappa shape index (κ1) is 19.2. The number of nitrogen functional groups attached to an aromatic ring is 1. The second-order valence-electron chi connectivity index (χ2n) is 5.14. The summed E-state index contributed by atoms with van der Waals surface area (Å²) in [5.41, 5.74) is 5.43. The summed E-state index contributed by atoms with van der Waals surface area (Å²) in [7, 11) is 0. The van der Waals surface area contributed by atoms with E-state index in [9.17, 15) is 8.78 Å². The lowest BCUT2D eigenvalue weighted by Crippen LogP contribution is -1.98. The standard InChI is InChI=1S/C18H10Cl2F2N4S/c19-11-2-4-13(20)16(7-11)27-26-15-6-5-14(21)12(17(15)22)3-1-10-8-24-18(23)25-9-10/h2,4-9,26H,(H2,23,24,25). The first-order chi connectivity index (χ1) is 12.9. The smallest absolute Gasteiger partial charge is 0.219 e. The molecule has 3 rings (SSSR count). The van der Waals surface area contributed by atoms with Gasteiger partial charge in [-0.1, -0.05) is 35.0 Å². The molecule has 0 spiro atoms. The van der Waals surface area contributed by atoms with Crippen molar-refractivity contribution in [3.05, 3.63) is 75.5 Å². The van der Waals surface area contributed by atoms with E-state index in [1.807, 2.05) is 0 Å². The van der Waals surface area contributed by atoms with Crippen LogP contribution in [-0.4, -0.2) is 9.97 Å². The zero-order chi connectivity index (χ0) is 19.4. The molecule has 0 unspecified atom stereocenters. The number of hydrogen-bond acceptors (Lipinski definition) is 5. The van der Waals surface area contributed by atoms with Crippen molar-refractivity contribution in [3.63, 3.8) is 0 Å². The van der Waals surface area contributed by atoms with Crippen molar-refractivity contribution in [2.75, 3.05) is 10.5 Å². The Morgan fingerprint density at radius 3 is 2.52 bits per heavy atom. The van der Waals surface area contributed by atoms with Crippen molar-refractivity contribution in [2.45, 2.75) is 4.90 Å². The van der Waals surface area contributed by atoms with Crippen molar-refractivity contribution < 1.29 is 8.78 Å². The monoisotopic (exact) mass is 422 g/mol. The molecule has 1 heterocycles. The average Bonchev–Trinajstić information content (AvgIpc) is 2.65. The zero-order valence-electron chi connectivity index (χ0n) is 13.4. The van der Waals surface area contributed by atoms with Crippen LogP contribution in [0.2, 0.25) is 10.0 Å². The molecule has 0 bridgehead atoms. The van der Waals surface area contributed by atoms with Crippen molar-refractivity contribution in [3.8, 4) is 11.8 Å². The number of benzene rings is 2. The molecule has 3 aromatic rings. The number of anilines is 2. The molecular weight excluding hydrogens is 413 g/mol. The summed E-state index contributed by atoms with van der Waals surface area (Å²) in [6.07, 6.45) is 2.73. The summed E-state index contributed by atoms with van der Waals surface area (Å²) in [4.78, 5) is 8.14. The predicted octanol–water partition coefficient (Wildman–Crippen LogP) is 5.16. The largest absolute Gasteiger partial charge is 0.368 e. The van der Waals surface area contributed by atoms with Gasteiger partial charge in [-0.3, -0.25) is 0 Å². The Morgan fingerprint density at radius 2 is 1.78 bits per heavy atom. The van der Waals surface area contributed by atoms with E-state index in [0.29, 0.717) is 20.5 Å². The van der Waals surface area contributed by atoms with Gasteiger partial charge in [-0.05, 0) is 42.3 Å². The predicted molar refractivity (Wildman–Crippen MR) is 105 cm³/mol. The quantitative estimate of drug-likeness (QED) is 0.450. The van der Waals surface area contributed by atoms with E-state index in [1.54, 1.807) is 18.2 Å². The van der Waals surface area contributed by atoms with E-state index in [4.69, 9.17) is 28.9 Å². The molecule has 0 saturated heterocycles. The normalized spacial score (nSPS) is 10.2. The van der Waals surface area contributed by atoms with Gasteiger partial charge in [0.1, 0.15) is 5.82 Å². The Morgan fingerprint density at radius 1 is 1.04 bits per heavy atom. The molecule has 4 nitrogen and oxygen atoms in total. The van der Waals surface area contributed by atoms with Gasteiger partial charge in [-0.2, -0.15) is 0 Å². The fourth-order valence-electron chi connectivity index (χ4n) is 1.95. The number of nitrogens with zero attached hydrogens (tertiary/aromatic N) is 2. The zero-order valence-corrected chi connectivity index (χ0v) is 15.8. The summed E-state index contributed by atoms with van der Waals surface area (Å²) >= 11 is 13.0. The molecule has 0 aliphatic carbocycles. The van der Waals surface area contributed by atoms with Crippen LogP contribution in [0, 0.1) is 23.5 Å². The van der Waals surface area contributed by atoms with Gasteiger partial charge in [0.05, 0.1) is 21.8 Å². The third-order valence-corrected chi connectivity index (χ3v) is 4.82. The molecule has 3 N–H and O–H groups in total. The van der Waals surface area contributed by atoms with Gasteiger partial charge < -0.3 is 10.5 Å². The molecule has 0 atom stereocenters. The van der Waals surface area contributed by atoms with Gasteiger partial charge in [-0.15, -0.1) is 0 Å². The summed E-state index contributed by atoms with van der Waals surface area (Å²) in [6, 6.07) is 7.29. The van der Waals surface area contributed by atoms with Crippen LogP contribution in [0.5, 0.6) is 0 Å². The lowest BCUT2D eigenvalue weighted by atomic mass is 10.1. The highest BCUT2D eigenvalue weighted by Gasteiger charge is 2.13. The Bertz CT molecular complexity index is 1050. The third kappa shape index (κ3) is 4.80. The molecule has 27 heavy (non-hydrogen) atoms. The summed E-state index contributed by atoms with van der Waals surface area (Å²) < 4.78 is 31.5. The second kappa shape index (κ2) is 8.44. The van der Waals surface area contributed by atoms with Crippen molar-refractivity contribution in [1.29, 1.82) is 0 Å². The Kier molecular flexibility index (Phi) is 6.01. The van der Waals surface area contributed by atoms with Crippen LogP contribution in [0.15, 0.2) is 47.6 Å². The first-order valence-electron chi connectivity index (χ1n) is 7.39. The van der Waals surface area contributed by atoms with Crippen molar-refractivity contribution >= 4 is 46.8 Å². The second-order valence-corrected chi connectivity index (χ2v) is 6.83. The highest BCUT2D eigenvalue weighted by atomic mass is 35.5. The molecule has 0 fully saturated rings. The van der Waals surface area contributed by atoms with Crippen molar-refractivity contribution in [2.24, 2.45) is 0 Å². The number of aromatic nitrogens is 2. The van der Waals surface area contributed by atoms with Gasteiger partial charge >= 0.3 is 0 Å². The number of rotatable bonds is 3. The van der Waals surface area contributed by atoms with E-state index < -0.39 is 11.6 Å². The summed E-state index contributed by atoms with van der Waals surface area (Å²) in [5, 5.41) is 0.934. The minimum absolute atomic E-state index is 0.0512. The van der Waals surface area contributed by atoms with Crippen LogP contribution in [0.1, 0.15) is 11.1 Å². The van der Waals surface area contributed by atoms with Crippen LogP contribution in [-0.2, 0) is 0 Å². The van der Waals surface area contributed by atoms with Crippen LogP contribution in [0.3, 0.4) is 0 Å². The van der Waals surface area contributed by atoms with E-state index in [1.165, 1.54) is 18.5 Å². The molecule has 136 valence electrons. The topological polar surface area (TPSA) is 63.8 Å². The van der Waals surface area contributed by atoms with E-state index in [0.717, 1.165) is 18.0 Å². The molecule has 1 aromatic heterocycles. The minimum Gasteiger partial charge on any atom is -0.368 e. The maximum atomic E-state index is 14.7. The van der Waals surface area contributed by atoms with Gasteiger partial charge in [0.2, 0.25) is 5.95 Å². The Labute approximate surface area is 168 Å². The molecule has 0 amide bonds. The summed E-state index contributed by atoms with van der Waals surface area (Å²) in [6.45, 7) is 0. The minimum atomic E-state index is -0.829. The van der Waals surface area contributed by atoms with E-state index in [2.05, 4.69) is 26.5 Å². The maximum absolute atomic E-state index is 14.7. The molecule has 0 radical (unpaired) electrons. The number of nitrogens with one attached hydrogen (secondary N) is 1. The van der Waals surface area contributed by atoms with E-state index >= 15 is 0 Å². The van der Waals surface area contributed by atoms with Crippen LogP contribution >= 0.6 is 35.1 Å². The van der Waals surface area contributed by atoms with Gasteiger partial charge in [0.15, 0.2) is 5.82 Å². The fourth-order valence-corrected chi connectivity index (χ4v) is 3.15. The van der Waals surface area contributed by atoms with Gasteiger partial charge in [-0.25, -0.2) is 18.7 Å². The lowest BCUT2D eigenvalue weighted by Gasteiger charge is -2.09. The summed E-state index contributed by atoms with van der Waals surface area (Å²) in [5.74, 6) is 3.53. The Hall–Kier alpha value is -2.53. The SMILES string of the molecule is Nc1ncc(C#Cc2c(F)ccc(NSc3cc(Cl)ccc3Cl)c2F)cn1. The van der Waals surface area contributed by atoms with Crippen LogP contribution in [0.4, 0.5) is 20.4 Å². The maximum Gasteiger partial charge on any atom is 0.219 e. The average molecular weight is 423 g/mol. The highest BCUT2D eigenvalue weighted by molar-refractivity contribution is 8.00. The van der Waals surface area contributed by atoms with E-state index in [-0.39, 0.29) is 17.2 Å². The first-order valence-corrected chi connectivity index (χ1v) is 8.96. The van der Waals surface area contributed by atoms with Crippen LogP contribution < -0.4 is 10.5 Å². The van der Waals surface area contributed by atoms with Crippen LogP contribution in [0.25, 0.3) is 0 Å².